The highest BCUT2D eigenvalue weighted by atomic mass is 32.2. The van der Waals surface area contributed by atoms with Crippen LogP contribution in [-0.4, -0.2) is 17.6 Å². The van der Waals surface area contributed by atoms with Crippen LogP contribution in [0.4, 0.5) is 5.69 Å². The smallest absolute Gasteiger partial charge is 0.328 e. The Kier molecular flexibility index (Phi) is 4.82. The van der Waals surface area contributed by atoms with Gasteiger partial charge in [-0.3, -0.25) is 13.9 Å². The predicted molar refractivity (Wildman–Crippen MR) is 124 cm³/mol. The van der Waals surface area contributed by atoms with Gasteiger partial charge < -0.3 is 4.74 Å². The molecule has 4 aromatic rings. The quantitative estimate of drug-likeness (QED) is 0.500. The Bertz CT molecular complexity index is 1500. The van der Waals surface area contributed by atoms with Gasteiger partial charge in [0.1, 0.15) is 5.75 Å². The minimum atomic E-state index is -3.86. The van der Waals surface area contributed by atoms with Crippen molar-refractivity contribution < 1.29 is 13.2 Å². The summed E-state index contributed by atoms with van der Waals surface area (Å²) < 4.78 is 38.2. The number of nitrogens with one attached hydrogen (secondary N) is 1. The van der Waals surface area contributed by atoms with E-state index in [0.29, 0.717) is 22.5 Å². The van der Waals surface area contributed by atoms with Crippen LogP contribution in [0.15, 0.2) is 70.4 Å². The van der Waals surface area contributed by atoms with Crippen molar-refractivity contribution in [1.82, 2.24) is 9.13 Å². The van der Waals surface area contributed by atoms with Crippen LogP contribution in [0.25, 0.3) is 11.0 Å². The van der Waals surface area contributed by atoms with E-state index in [1.807, 2.05) is 24.3 Å². The van der Waals surface area contributed by atoms with Crippen LogP contribution in [0, 0.1) is 0 Å². The number of aryl methyl sites for hydroxylation is 4. The molecule has 32 heavy (non-hydrogen) atoms. The number of imidazole rings is 1. The molecule has 1 heterocycles. The van der Waals surface area contributed by atoms with E-state index in [-0.39, 0.29) is 16.3 Å². The Hall–Kier alpha value is -3.52. The predicted octanol–water partition coefficient (Wildman–Crippen LogP) is 3.96. The number of hydrogen-bond acceptors (Lipinski definition) is 4. The minimum Gasteiger partial charge on any atom is -0.455 e. The number of benzene rings is 3. The summed E-state index contributed by atoms with van der Waals surface area (Å²) in [5, 5.41) is 0. The molecule has 0 atom stereocenters. The lowest BCUT2D eigenvalue weighted by molar-refractivity contribution is 0.485. The Labute approximate surface area is 185 Å². The van der Waals surface area contributed by atoms with Gasteiger partial charge in [-0.25, -0.2) is 13.2 Å². The van der Waals surface area contributed by atoms with Crippen molar-refractivity contribution in [3.8, 4) is 11.5 Å². The summed E-state index contributed by atoms with van der Waals surface area (Å²) in [6, 6.07) is 17.7. The SMILES string of the molecule is Cn1c(=O)n(C)c2cc(Oc3ccccc3)c(NS(=O)(=O)c3ccc4c(c3)CCC4)cc21. The molecule has 0 unspecified atom stereocenters. The molecule has 7 nitrogen and oxygen atoms in total. The lowest BCUT2D eigenvalue weighted by Crippen LogP contribution is -2.19. The van der Waals surface area contributed by atoms with Gasteiger partial charge in [0.25, 0.3) is 10.0 Å². The number of hydrogen-bond donors (Lipinski definition) is 1. The maximum absolute atomic E-state index is 13.3. The standard InChI is InChI=1S/C24H23N3O4S/c1-26-21-14-20(25-32(29,30)19-12-11-16-7-6-8-17(16)13-19)23(15-22(21)27(2)24(26)28)31-18-9-4-3-5-10-18/h3-5,9-15,25H,6-8H2,1-2H3. The Morgan fingerprint density at radius 3 is 2.31 bits per heavy atom. The van der Waals surface area contributed by atoms with Crippen molar-refractivity contribution >= 4 is 26.7 Å². The Morgan fingerprint density at radius 2 is 1.56 bits per heavy atom. The fourth-order valence-corrected chi connectivity index (χ4v) is 5.34. The summed E-state index contributed by atoms with van der Waals surface area (Å²) in [5.41, 5.74) is 3.59. The van der Waals surface area contributed by atoms with E-state index >= 15 is 0 Å². The van der Waals surface area contributed by atoms with E-state index in [1.54, 1.807) is 50.5 Å². The second kappa shape index (κ2) is 7.56. The molecular formula is C24H23N3O4S. The van der Waals surface area contributed by atoms with Gasteiger partial charge in [-0.2, -0.15) is 0 Å². The highest BCUT2D eigenvalue weighted by Gasteiger charge is 2.22. The normalized spacial score (nSPS) is 13.3. The van der Waals surface area contributed by atoms with Crippen molar-refractivity contribution in [3.05, 3.63) is 82.3 Å². The molecule has 8 heteroatoms. The molecule has 0 saturated carbocycles. The van der Waals surface area contributed by atoms with Crippen LogP contribution < -0.4 is 15.1 Å². The zero-order chi connectivity index (χ0) is 22.5. The van der Waals surface area contributed by atoms with Gasteiger partial charge in [-0.05, 0) is 60.7 Å². The van der Waals surface area contributed by atoms with Gasteiger partial charge in [0.05, 0.1) is 21.6 Å². The van der Waals surface area contributed by atoms with E-state index in [2.05, 4.69) is 4.72 Å². The summed E-state index contributed by atoms with van der Waals surface area (Å²) in [6.07, 6.45) is 2.91. The topological polar surface area (TPSA) is 82.3 Å². The van der Waals surface area contributed by atoms with Crippen LogP contribution in [0.5, 0.6) is 11.5 Å². The van der Waals surface area contributed by atoms with Crippen LogP contribution in [0.3, 0.4) is 0 Å². The molecule has 5 rings (SSSR count). The third-order valence-electron chi connectivity index (χ3n) is 5.97. The van der Waals surface area contributed by atoms with E-state index in [1.165, 1.54) is 14.7 Å². The van der Waals surface area contributed by atoms with Crippen molar-refractivity contribution in [2.75, 3.05) is 4.72 Å². The van der Waals surface area contributed by atoms with Gasteiger partial charge in [0.15, 0.2) is 5.75 Å². The Balaban J connectivity index is 1.62. The van der Waals surface area contributed by atoms with Gasteiger partial charge in [-0.1, -0.05) is 24.3 Å². The highest BCUT2D eigenvalue weighted by Crippen LogP contribution is 2.35. The molecule has 0 fully saturated rings. The van der Waals surface area contributed by atoms with Crippen LogP contribution in [0.1, 0.15) is 17.5 Å². The average Bonchev–Trinajstić information content (AvgIpc) is 3.34. The number of aromatic nitrogens is 2. The van der Waals surface area contributed by atoms with Crippen LogP contribution in [-0.2, 0) is 37.0 Å². The van der Waals surface area contributed by atoms with Gasteiger partial charge >= 0.3 is 5.69 Å². The first-order valence-electron chi connectivity index (χ1n) is 10.4. The lowest BCUT2D eigenvalue weighted by Gasteiger charge is -2.15. The largest absolute Gasteiger partial charge is 0.455 e. The second-order valence-corrected chi connectivity index (χ2v) is 9.72. The molecule has 1 aromatic heterocycles. The first-order chi connectivity index (χ1) is 15.3. The third kappa shape index (κ3) is 3.46. The summed E-state index contributed by atoms with van der Waals surface area (Å²) >= 11 is 0. The van der Waals surface area contributed by atoms with E-state index in [4.69, 9.17) is 4.74 Å². The van der Waals surface area contributed by atoms with Crippen molar-refractivity contribution in [3.63, 3.8) is 0 Å². The van der Waals surface area contributed by atoms with Gasteiger partial charge in [0, 0.05) is 20.2 Å². The molecule has 0 bridgehead atoms. The van der Waals surface area contributed by atoms with Crippen molar-refractivity contribution in [1.29, 1.82) is 0 Å². The zero-order valence-corrected chi connectivity index (χ0v) is 18.6. The Morgan fingerprint density at radius 1 is 0.875 bits per heavy atom. The molecule has 3 aromatic carbocycles. The molecule has 0 saturated heterocycles. The second-order valence-electron chi connectivity index (χ2n) is 8.04. The van der Waals surface area contributed by atoms with Gasteiger partial charge in [0.2, 0.25) is 0 Å². The van der Waals surface area contributed by atoms with Crippen molar-refractivity contribution in [2.24, 2.45) is 14.1 Å². The number of anilines is 1. The number of rotatable bonds is 5. The summed E-state index contributed by atoms with van der Waals surface area (Å²) in [4.78, 5) is 12.6. The van der Waals surface area contributed by atoms with E-state index in [0.717, 1.165) is 24.8 Å². The number of para-hydroxylation sites is 1. The van der Waals surface area contributed by atoms with Crippen LogP contribution in [0.2, 0.25) is 0 Å². The summed E-state index contributed by atoms with van der Waals surface area (Å²) in [6.45, 7) is 0. The maximum Gasteiger partial charge on any atom is 0.328 e. The molecule has 1 N–H and O–H groups in total. The van der Waals surface area contributed by atoms with Crippen molar-refractivity contribution in [2.45, 2.75) is 24.2 Å². The van der Waals surface area contributed by atoms with E-state index in [9.17, 15) is 13.2 Å². The first kappa shape index (κ1) is 20.4. The summed E-state index contributed by atoms with van der Waals surface area (Å²) in [7, 11) is -0.533. The fraction of sp³-hybridized carbons (Fsp3) is 0.208. The molecule has 164 valence electrons. The van der Waals surface area contributed by atoms with Gasteiger partial charge in [-0.15, -0.1) is 0 Å². The number of sulfonamides is 1. The molecule has 0 radical (unpaired) electrons. The number of ether oxygens (including phenoxy) is 1. The first-order valence-corrected chi connectivity index (χ1v) is 11.9. The third-order valence-corrected chi connectivity index (χ3v) is 7.33. The van der Waals surface area contributed by atoms with Crippen LogP contribution >= 0.6 is 0 Å². The average molecular weight is 450 g/mol. The van der Waals surface area contributed by atoms with E-state index < -0.39 is 10.0 Å². The monoisotopic (exact) mass is 449 g/mol. The minimum absolute atomic E-state index is 0.204. The summed E-state index contributed by atoms with van der Waals surface area (Å²) in [5.74, 6) is 0.875. The molecule has 1 aliphatic rings. The molecular weight excluding hydrogens is 426 g/mol. The fourth-order valence-electron chi connectivity index (χ4n) is 4.22. The maximum atomic E-state index is 13.3. The number of fused-ring (bicyclic) bond motifs is 2. The molecule has 0 aliphatic heterocycles. The zero-order valence-electron chi connectivity index (χ0n) is 17.8. The molecule has 0 amide bonds. The lowest BCUT2D eigenvalue weighted by atomic mass is 10.1. The highest BCUT2D eigenvalue weighted by molar-refractivity contribution is 7.92. The number of nitrogens with zero attached hydrogens (tertiary/aromatic N) is 2. The molecule has 1 aliphatic carbocycles. The molecule has 0 spiro atoms.